The molecule has 5 rings (SSSR count). The van der Waals surface area contributed by atoms with Crippen LogP contribution in [0.15, 0.2) is 36.4 Å². The van der Waals surface area contributed by atoms with E-state index in [9.17, 15) is 14.4 Å². The van der Waals surface area contributed by atoms with Crippen molar-refractivity contribution in [3.63, 3.8) is 0 Å². The first-order valence-corrected chi connectivity index (χ1v) is 14.1. The minimum absolute atomic E-state index is 0.00109. The monoisotopic (exact) mass is 557 g/mol. The molecule has 0 spiro atoms. The Morgan fingerprint density at radius 2 is 1.61 bits per heavy atom. The maximum atomic E-state index is 13.3. The smallest absolute Gasteiger partial charge is 0.255 e. The molecule has 10 heteroatoms. The SMILES string of the molecule is O=C(Nc1cc(C(=O)N2CCCNCC2)ccc1N1CCCN(C(=O)c2ccc(Cl)cc2Cl)CC1)C1CC1. The fraction of sp³-hybridized carbons (Fsp3) is 0.464. The van der Waals surface area contributed by atoms with Gasteiger partial charge in [-0.25, -0.2) is 0 Å². The molecule has 3 amide bonds. The Hall–Kier alpha value is -2.81. The molecule has 2 N–H and O–H groups in total. The van der Waals surface area contributed by atoms with Crippen LogP contribution in [-0.4, -0.2) is 79.9 Å². The molecule has 0 unspecified atom stereocenters. The van der Waals surface area contributed by atoms with Gasteiger partial charge in [0.1, 0.15) is 0 Å². The van der Waals surface area contributed by atoms with Crippen LogP contribution >= 0.6 is 23.2 Å². The molecule has 2 saturated heterocycles. The Morgan fingerprint density at radius 3 is 2.39 bits per heavy atom. The van der Waals surface area contributed by atoms with Gasteiger partial charge in [-0.1, -0.05) is 23.2 Å². The van der Waals surface area contributed by atoms with Crippen LogP contribution in [-0.2, 0) is 4.79 Å². The van der Waals surface area contributed by atoms with Crippen LogP contribution < -0.4 is 15.5 Å². The van der Waals surface area contributed by atoms with Gasteiger partial charge in [0.15, 0.2) is 0 Å². The summed E-state index contributed by atoms with van der Waals surface area (Å²) in [5, 5.41) is 7.26. The molecule has 1 aliphatic carbocycles. The quantitative estimate of drug-likeness (QED) is 0.577. The molecule has 38 heavy (non-hydrogen) atoms. The van der Waals surface area contributed by atoms with Gasteiger partial charge < -0.3 is 25.3 Å². The lowest BCUT2D eigenvalue weighted by atomic mass is 10.1. The number of halogens is 2. The van der Waals surface area contributed by atoms with Gasteiger partial charge in [-0.15, -0.1) is 0 Å². The van der Waals surface area contributed by atoms with E-state index >= 15 is 0 Å². The second-order valence-electron chi connectivity index (χ2n) is 10.1. The summed E-state index contributed by atoms with van der Waals surface area (Å²) in [7, 11) is 0. The van der Waals surface area contributed by atoms with Gasteiger partial charge in [0.05, 0.1) is 22.0 Å². The number of anilines is 2. The molecule has 2 aromatic carbocycles. The maximum Gasteiger partial charge on any atom is 0.255 e. The summed E-state index contributed by atoms with van der Waals surface area (Å²) in [5.74, 6) is -0.0996. The number of carbonyl (C=O) groups is 3. The number of hydrogen-bond donors (Lipinski definition) is 2. The van der Waals surface area contributed by atoms with E-state index in [2.05, 4.69) is 15.5 Å². The average Bonchev–Trinajstić information content (AvgIpc) is 3.77. The summed E-state index contributed by atoms with van der Waals surface area (Å²) in [6.07, 6.45) is 3.47. The van der Waals surface area contributed by atoms with E-state index in [1.165, 1.54) is 0 Å². The highest BCUT2D eigenvalue weighted by Gasteiger charge is 2.31. The van der Waals surface area contributed by atoms with Crippen molar-refractivity contribution in [1.82, 2.24) is 15.1 Å². The minimum Gasteiger partial charge on any atom is -0.368 e. The summed E-state index contributed by atoms with van der Waals surface area (Å²) >= 11 is 12.3. The van der Waals surface area contributed by atoms with E-state index in [0.29, 0.717) is 59.6 Å². The lowest BCUT2D eigenvalue weighted by Crippen LogP contribution is -2.36. The fourth-order valence-corrected chi connectivity index (χ4v) is 5.54. The van der Waals surface area contributed by atoms with Crippen LogP contribution in [0.5, 0.6) is 0 Å². The molecule has 1 saturated carbocycles. The molecule has 2 heterocycles. The third-order valence-electron chi connectivity index (χ3n) is 7.36. The van der Waals surface area contributed by atoms with Crippen molar-refractivity contribution < 1.29 is 14.4 Å². The fourth-order valence-electron chi connectivity index (χ4n) is 5.05. The van der Waals surface area contributed by atoms with Crippen molar-refractivity contribution in [3.8, 4) is 0 Å². The number of benzene rings is 2. The molecular weight excluding hydrogens is 525 g/mol. The van der Waals surface area contributed by atoms with Gasteiger partial charge in [-0.05, 0) is 68.6 Å². The molecule has 0 bridgehead atoms. The Labute approximate surface area is 233 Å². The average molecular weight is 559 g/mol. The van der Waals surface area contributed by atoms with Crippen molar-refractivity contribution in [2.24, 2.45) is 5.92 Å². The Morgan fingerprint density at radius 1 is 0.816 bits per heavy atom. The first-order chi connectivity index (χ1) is 18.4. The molecule has 202 valence electrons. The first kappa shape index (κ1) is 26.8. The zero-order valence-electron chi connectivity index (χ0n) is 21.3. The molecule has 2 aromatic rings. The Kier molecular flexibility index (Phi) is 8.41. The number of rotatable bonds is 5. The van der Waals surface area contributed by atoms with Crippen LogP contribution in [0.4, 0.5) is 11.4 Å². The standard InChI is InChI=1S/C28H33Cl2N5O3/c29-21-6-7-22(23(30)18-21)28(38)35-13-2-12-33(15-16-35)25-8-5-20(17-24(25)32-26(36)19-3-4-19)27(37)34-11-1-9-31-10-14-34/h5-8,17-19,31H,1-4,9-16H2,(H,32,36). The Balaban J connectivity index is 1.35. The second kappa shape index (κ2) is 11.9. The summed E-state index contributed by atoms with van der Waals surface area (Å²) in [6, 6.07) is 10.5. The predicted octanol–water partition coefficient (Wildman–Crippen LogP) is 4.13. The van der Waals surface area contributed by atoms with E-state index in [4.69, 9.17) is 23.2 Å². The summed E-state index contributed by atoms with van der Waals surface area (Å²) in [4.78, 5) is 45.1. The van der Waals surface area contributed by atoms with Crippen LogP contribution in [0.2, 0.25) is 10.0 Å². The number of amides is 3. The third kappa shape index (κ3) is 6.25. The van der Waals surface area contributed by atoms with Crippen molar-refractivity contribution in [2.75, 3.05) is 62.6 Å². The van der Waals surface area contributed by atoms with Crippen molar-refractivity contribution in [2.45, 2.75) is 25.7 Å². The molecule has 0 atom stereocenters. The highest BCUT2D eigenvalue weighted by atomic mass is 35.5. The zero-order valence-corrected chi connectivity index (χ0v) is 22.9. The molecule has 2 aliphatic heterocycles. The van der Waals surface area contributed by atoms with Crippen molar-refractivity contribution in [3.05, 3.63) is 57.6 Å². The van der Waals surface area contributed by atoms with Gasteiger partial charge in [-0.2, -0.15) is 0 Å². The van der Waals surface area contributed by atoms with Crippen LogP contribution in [0, 0.1) is 5.92 Å². The van der Waals surface area contributed by atoms with Crippen LogP contribution in [0.3, 0.4) is 0 Å². The van der Waals surface area contributed by atoms with E-state index in [1.807, 2.05) is 28.0 Å². The molecule has 0 radical (unpaired) electrons. The number of carbonyl (C=O) groups excluding carboxylic acids is 3. The molecule has 8 nitrogen and oxygen atoms in total. The molecule has 0 aromatic heterocycles. The zero-order chi connectivity index (χ0) is 26.6. The summed E-state index contributed by atoms with van der Waals surface area (Å²) < 4.78 is 0. The van der Waals surface area contributed by atoms with E-state index in [-0.39, 0.29) is 23.6 Å². The van der Waals surface area contributed by atoms with Gasteiger partial charge in [0.2, 0.25) is 5.91 Å². The van der Waals surface area contributed by atoms with Gasteiger partial charge in [-0.3, -0.25) is 14.4 Å². The van der Waals surface area contributed by atoms with Gasteiger partial charge in [0.25, 0.3) is 11.8 Å². The lowest BCUT2D eigenvalue weighted by Gasteiger charge is -2.27. The van der Waals surface area contributed by atoms with Gasteiger partial charge in [0, 0.05) is 62.3 Å². The topological polar surface area (TPSA) is 85.0 Å². The van der Waals surface area contributed by atoms with E-state index in [0.717, 1.165) is 51.0 Å². The number of nitrogens with zero attached hydrogens (tertiary/aromatic N) is 3. The normalized spacial score (nSPS) is 18.5. The van der Waals surface area contributed by atoms with Crippen LogP contribution in [0.25, 0.3) is 0 Å². The highest BCUT2D eigenvalue weighted by molar-refractivity contribution is 6.36. The minimum atomic E-state index is -0.122. The maximum absolute atomic E-state index is 13.3. The number of hydrogen-bond acceptors (Lipinski definition) is 5. The largest absolute Gasteiger partial charge is 0.368 e. The summed E-state index contributed by atoms with van der Waals surface area (Å²) in [6.45, 7) is 5.48. The van der Waals surface area contributed by atoms with Crippen molar-refractivity contribution in [1.29, 1.82) is 0 Å². The van der Waals surface area contributed by atoms with E-state index < -0.39 is 0 Å². The second-order valence-corrected chi connectivity index (χ2v) is 11.0. The Bertz CT molecular complexity index is 1210. The number of nitrogens with one attached hydrogen (secondary N) is 2. The van der Waals surface area contributed by atoms with Gasteiger partial charge >= 0.3 is 0 Å². The molecular formula is C28H33Cl2N5O3. The third-order valence-corrected chi connectivity index (χ3v) is 7.91. The molecule has 3 aliphatic rings. The van der Waals surface area contributed by atoms with Crippen LogP contribution in [0.1, 0.15) is 46.4 Å². The lowest BCUT2D eigenvalue weighted by molar-refractivity contribution is -0.117. The summed E-state index contributed by atoms with van der Waals surface area (Å²) in [5.41, 5.74) is 2.53. The highest BCUT2D eigenvalue weighted by Crippen LogP contribution is 2.34. The first-order valence-electron chi connectivity index (χ1n) is 13.3. The molecule has 3 fully saturated rings. The van der Waals surface area contributed by atoms with Crippen molar-refractivity contribution >= 4 is 52.3 Å². The predicted molar refractivity (Wildman–Crippen MR) is 150 cm³/mol. The van der Waals surface area contributed by atoms with E-state index in [1.54, 1.807) is 18.2 Å².